The quantitative estimate of drug-likeness (QED) is 0.816. The van der Waals surface area contributed by atoms with Crippen molar-refractivity contribution in [3.8, 4) is 0 Å². The molecule has 2 aromatic rings. The van der Waals surface area contributed by atoms with Gasteiger partial charge in [-0.05, 0) is 41.1 Å². The third kappa shape index (κ3) is 3.46. The molecule has 4 nitrogen and oxygen atoms in total. The van der Waals surface area contributed by atoms with Crippen LogP contribution in [0.3, 0.4) is 0 Å². The summed E-state index contributed by atoms with van der Waals surface area (Å²) in [6, 6.07) is 5.37. The second-order valence-electron chi connectivity index (χ2n) is 3.50. The Balaban J connectivity index is 2.26. The molecule has 7 heteroatoms. The number of nitrogens with one attached hydrogen (secondary N) is 1. The summed E-state index contributed by atoms with van der Waals surface area (Å²) in [4.78, 5) is 15.7. The van der Waals surface area contributed by atoms with Crippen LogP contribution in [0.25, 0.3) is 0 Å². The smallest absolute Gasteiger partial charge is 0.360 e. The van der Waals surface area contributed by atoms with E-state index in [1.54, 1.807) is 24.6 Å². The lowest BCUT2D eigenvalue weighted by Gasteiger charge is -2.08. The van der Waals surface area contributed by atoms with Gasteiger partial charge in [0.2, 0.25) is 0 Å². The molecule has 2 rings (SSSR count). The summed E-state index contributed by atoms with van der Waals surface area (Å²) in [6.07, 6.45) is 0. The van der Waals surface area contributed by atoms with Crippen molar-refractivity contribution in [2.75, 3.05) is 11.9 Å². The minimum absolute atomic E-state index is 0.277. The van der Waals surface area contributed by atoms with Crippen molar-refractivity contribution in [1.29, 1.82) is 0 Å². The fourth-order valence-corrected chi connectivity index (χ4v) is 2.59. The Kier molecular flexibility index (Phi) is 4.79. The number of rotatable bonds is 4. The monoisotopic (exact) mass is 360 g/mol. The van der Waals surface area contributed by atoms with Crippen molar-refractivity contribution >= 4 is 55.5 Å². The Labute approximate surface area is 127 Å². The van der Waals surface area contributed by atoms with Gasteiger partial charge in [-0.25, -0.2) is 9.78 Å². The van der Waals surface area contributed by atoms with Gasteiger partial charge in [0.25, 0.3) is 0 Å². The van der Waals surface area contributed by atoms with Crippen molar-refractivity contribution in [1.82, 2.24) is 4.98 Å². The van der Waals surface area contributed by atoms with Gasteiger partial charge in [-0.15, -0.1) is 11.3 Å². The summed E-state index contributed by atoms with van der Waals surface area (Å²) in [5.41, 5.74) is 2.63. The molecule has 0 aliphatic heterocycles. The zero-order valence-electron chi connectivity index (χ0n) is 9.94. The van der Waals surface area contributed by atoms with Crippen LogP contribution < -0.4 is 5.32 Å². The largest absolute Gasteiger partial charge is 0.461 e. The molecule has 0 fully saturated rings. The van der Waals surface area contributed by atoms with Gasteiger partial charge in [0, 0.05) is 9.50 Å². The number of thiazole rings is 1. The van der Waals surface area contributed by atoms with Gasteiger partial charge in [-0.2, -0.15) is 0 Å². The standard InChI is InChI=1S/C12H10BrClN2O2S/c1-2-18-12(17)10-11(19-6-15-10)16-9-5-7(14)3-4-8(9)13/h3-6,16H,2H2,1H3. The zero-order chi connectivity index (χ0) is 13.8. The zero-order valence-corrected chi connectivity index (χ0v) is 13.1. The molecule has 1 N–H and O–H groups in total. The van der Waals surface area contributed by atoms with E-state index in [0.717, 1.165) is 10.2 Å². The van der Waals surface area contributed by atoms with E-state index in [0.29, 0.717) is 16.6 Å². The third-order valence-electron chi connectivity index (χ3n) is 2.21. The highest BCUT2D eigenvalue weighted by Gasteiger charge is 2.16. The molecule has 0 radical (unpaired) electrons. The van der Waals surface area contributed by atoms with Gasteiger partial charge in [-0.1, -0.05) is 11.6 Å². The number of esters is 1. The lowest BCUT2D eigenvalue weighted by molar-refractivity contribution is 0.0521. The maximum Gasteiger partial charge on any atom is 0.360 e. The molecule has 0 amide bonds. The molecule has 1 aromatic heterocycles. The summed E-state index contributed by atoms with van der Waals surface area (Å²) in [5.74, 6) is -0.440. The maximum atomic E-state index is 11.7. The number of hydrogen-bond donors (Lipinski definition) is 1. The van der Waals surface area contributed by atoms with E-state index in [-0.39, 0.29) is 5.69 Å². The number of hydrogen-bond acceptors (Lipinski definition) is 5. The van der Waals surface area contributed by atoms with Gasteiger partial charge in [0.1, 0.15) is 5.00 Å². The van der Waals surface area contributed by atoms with E-state index in [1.165, 1.54) is 11.3 Å². The molecular formula is C12H10BrClN2O2S. The van der Waals surface area contributed by atoms with E-state index >= 15 is 0 Å². The molecule has 0 aliphatic rings. The van der Waals surface area contributed by atoms with Gasteiger partial charge in [0.05, 0.1) is 17.8 Å². The fraction of sp³-hybridized carbons (Fsp3) is 0.167. The number of carbonyl (C=O) groups is 1. The molecule has 0 unspecified atom stereocenters. The molecule has 0 saturated heterocycles. The average Bonchev–Trinajstić information content (AvgIpc) is 2.82. The van der Waals surface area contributed by atoms with Crippen LogP contribution in [-0.4, -0.2) is 17.6 Å². The predicted molar refractivity (Wildman–Crippen MR) is 80.5 cm³/mol. The van der Waals surface area contributed by atoms with Gasteiger partial charge in [0.15, 0.2) is 5.69 Å². The number of ether oxygens (including phenoxy) is 1. The number of halogens is 2. The van der Waals surface area contributed by atoms with Crippen LogP contribution in [0.4, 0.5) is 10.7 Å². The van der Waals surface area contributed by atoms with Crippen LogP contribution in [0.15, 0.2) is 28.2 Å². The SMILES string of the molecule is CCOC(=O)c1ncsc1Nc1cc(Cl)ccc1Br. The highest BCUT2D eigenvalue weighted by atomic mass is 79.9. The Hall–Kier alpha value is -1.11. The average molecular weight is 362 g/mol. The number of aromatic nitrogens is 1. The van der Waals surface area contributed by atoms with Gasteiger partial charge >= 0.3 is 5.97 Å². The number of nitrogens with zero attached hydrogens (tertiary/aromatic N) is 1. The number of anilines is 2. The van der Waals surface area contributed by atoms with E-state index < -0.39 is 5.97 Å². The summed E-state index contributed by atoms with van der Waals surface area (Å²) >= 11 is 10.7. The Morgan fingerprint density at radius 2 is 2.37 bits per heavy atom. The first kappa shape index (κ1) is 14.3. The van der Waals surface area contributed by atoms with Crippen molar-refractivity contribution in [2.45, 2.75) is 6.92 Å². The first-order valence-electron chi connectivity index (χ1n) is 5.44. The first-order valence-corrected chi connectivity index (χ1v) is 7.49. The van der Waals surface area contributed by atoms with Crippen molar-refractivity contribution in [2.24, 2.45) is 0 Å². The molecular weight excluding hydrogens is 352 g/mol. The molecule has 0 atom stereocenters. The van der Waals surface area contributed by atoms with Crippen molar-refractivity contribution in [3.63, 3.8) is 0 Å². The Bertz CT molecular complexity index is 603. The van der Waals surface area contributed by atoms with E-state index in [4.69, 9.17) is 16.3 Å². The van der Waals surface area contributed by atoms with E-state index in [2.05, 4.69) is 26.2 Å². The minimum atomic E-state index is -0.440. The topological polar surface area (TPSA) is 51.2 Å². The molecule has 0 aliphatic carbocycles. The molecule has 19 heavy (non-hydrogen) atoms. The number of benzene rings is 1. The Morgan fingerprint density at radius 1 is 1.58 bits per heavy atom. The second kappa shape index (κ2) is 6.36. The molecule has 100 valence electrons. The van der Waals surface area contributed by atoms with E-state index in [9.17, 15) is 4.79 Å². The lowest BCUT2D eigenvalue weighted by Crippen LogP contribution is -2.07. The molecule has 1 heterocycles. The van der Waals surface area contributed by atoms with Gasteiger partial charge < -0.3 is 10.1 Å². The third-order valence-corrected chi connectivity index (χ3v) is 3.88. The summed E-state index contributed by atoms with van der Waals surface area (Å²) in [7, 11) is 0. The highest BCUT2D eigenvalue weighted by Crippen LogP contribution is 2.32. The van der Waals surface area contributed by atoms with Crippen LogP contribution in [-0.2, 0) is 4.74 Å². The fourth-order valence-electron chi connectivity index (χ4n) is 1.40. The second-order valence-corrected chi connectivity index (χ2v) is 5.65. The summed E-state index contributed by atoms with van der Waals surface area (Å²) < 4.78 is 5.79. The van der Waals surface area contributed by atoms with Crippen LogP contribution in [0.1, 0.15) is 17.4 Å². The molecule has 1 aromatic carbocycles. The van der Waals surface area contributed by atoms with Crippen LogP contribution >= 0.6 is 38.9 Å². The van der Waals surface area contributed by atoms with Crippen molar-refractivity contribution in [3.05, 3.63) is 38.9 Å². The van der Waals surface area contributed by atoms with Crippen LogP contribution in [0.2, 0.25) is 5.02 Å². The van der Waals surface area contributed by atoms with Crippen molar-refractivity contribution < 1.29 is 9.53 Å². The minimum Gasteiger partial charge on any atom is -0.461 e. The van der Waals surface area contributed by atoms with E-state index in [1.807, 2.05) is 6.07 Å². The predicted octanol–water partition coefficient (Wildman–Crippen LogP) is 4.48. The number of carbonyl (C=O) groups excluding carboxylic acids is 1. The normalized spacial score (nSPS) is 10.3. The highest BCUT2D eigenvalue weighted by molar-refractivity contribution is 9.10. The molecule has 0 bridgehead atoms. The van der Waals surface area contributed by atoms with Crippen LogP contribution in [0.5, 0.6) is 0 Å². The molecule has 0 spiro atoms. The van der Waals surface area contributed by atoms with Crippen LogP contribution in [0, 0.1) is 0 Å². The Morgan fingerprint density at radius 3 is 3.11 bits per heavy atom. The summed E-state index contributed by atoms with van der Waals surface area (Å²) in [6.45, 7) is 2.07. The lowest BCUT2D eigenvalue weighted by atomic mass is 10.3. The maximum absolute atomic E-state index is 11.7. The van der Waals surface area contributed by atoms with Gasteiger partial charge in [-0.3, -0.25) is 0 Å². The summed E-state index contributed by atoms with van der Waals surface area (Å²) in [5, 5.41) is 4.36. The first-order chi connectivity index (χ1) is 9.11. The molecule has 0 saturated carbocycles.